The zero-order valence-electron chi connectivity index (χ0n) is 6.55. The molecule has 0 bridgehead atoms. The first-order chi connectivity index (χ1) is 6.22. The average molecular weight is 385 g/mol. The first kappa shape index (κ1) is 10.3. The second kappa shape index (κ2) is 4.08. The van der Waals surface area contributed by atoms with Gasteiger partial charge >= 0.3 is 0 Å². The summed E-state index contributed by atoms with van der Waals surface area (Å²) in [6, 6.07) is 6.49. The predicted molar refractivity (Wildman–Crippen MR) is 74.4 cm³/mol. The molecule has 13 heavy (non-hydrogen) atoms. The topological polar surface area (TPSA) is 0 Å². The molecule has 0 radical (unpaired) electrons. The first-order valence-corrected chi connectivity index (χ1v) is 7.14. The van der Waals surface area contributed by atoms with Crippen molar-refractivity contribution in [3.63, 3.8) is 0 Å². The molecular weight excluding hydrogens is 379 g/mol. The van der Waals surface area contributed by atoms with Gasteiger partial charge in [-0.3, -0.25) is 0 Å². The number of fused-ring (bicyclic) bond motifs is 1. The van der Waals surface area contributed by atoms with E-state index >= 15 is 0 Å². The molecule has 0 aliphatic rings. The van der Waals surface area contributed by atoms with Crippen LogP contribution in [0.15, 0.2) is 23.1 Å². The molecule has 0 N–H and O–H groups in total. The van der Waals surface area contributed by atoms with Gasteiger partial charge in [-0.25, -0.2) is 0 Å². The summed E-state index contributed by atoms with van der Waals surface area (Å²) in [5.74, 6) is 0. The van der Waals surface area contributed by atoms with E-state index in [2.05, 4.69) is 69.3 Å². The van der Waals surface area contributed by atoms with E-state index in [1.54, 1.807) is 0 Å². The van der Waals surface area contributed by atoms with E-state index < -0.39 is 0 Å². The molecule has 0 aliphatic carbocycles. The Kier molecular flexibility index (Phi) is 3.22. The summed E-state index contributed by atoms with van der Waals surface area (Å²) in [6.45, 7) is 0. The minimum absolute atomic E-state index is 0.869. The number of rotatable bonds is 1. The highest BCUT2D eigenvalue weighted by Crippen LogP contribution is 2.33. The number of halogens is 2. The third-order valence-electron chi connectivity index (χ3n) is 1.87. The van der Waals surface area contributed by atoms with Gasteiger partial charge in [0.1, 0.15) is 0 Å². The van der Waals surface area contributed by atoms with Crippen LogP contribution >= 0.6 is 62.5 Å². The summed E-state index contributed by atoms with van der Waals surface area (Å²) in [5.41, 5.74) is 1.25. The zero-order chi connectivity index (χ0) is 9.42. The lowest BCUT2D eigenvalue weighted by Crippen LogP contribution is -1.79. The molecule has 0 atom stereocenters. The van der Waals surface area contributed by atoms with Gasteiger partial charge in [-0.05, 0) is 40.3 Å². The molecule has 4 heteroatoms. The van der Waals surface area contributed by atoms with Crippen molar-refractivity contribution in [3.05, 3.63) is 26.6 Å². The van der Waals surface area contributed by atoms with Crippen molar-refractivity contribution in [2.24, 2.45) is 0 Å². The Morgan fingerprint density at radius 2 is 2.23 bits per heavy atom. The molecule has 2 rings (SSSR count). The lowest BCUT2D eigenvalue weighted by molar-refractivity contribution is 1.34. The van der Waals surface area contributed by atoms with Crippen LogP contribution in [0, 0.1) is 2.88 Å². The summed E-state index contributed by atoms with van der Waals surface area (Å²) in [4.78, 5) is 1.11. The number of hydrogen-bond acceptors (Lipinski definition) is 2. The number of thiol groups is 1. The van der Waals surface area contributed by atoms with Crippen molar-refractivity contribution in [1.29, 1.82) is 0 Å². The summed E-state index contributed by atoms with van der Waals surface area (Å²) in [7, 11) is 0. The minimum atomic E-state index is 0.869. The SMILES string of the molecule is Sc1c(CBr)ccc2sc(I)cc12. The van der Waals surface area contributed by atoms with Crippen LogP contribution in [0.4, 0.5) is 0 Å². The molecule has 0 unspecified atom stereocenters. The van der Waals surface area contributed by atoms with Crippen LogP contribution in [0.5, 0.6) is 0 Å². The smallest absolute Gasteiger partial charge is 0.0666 e. The van der Waals surface area contributed by atoms with Crippen LogP contribution in [0.3, 0.4) is 0 Å². The number of thiophene rings is 1. The highest BCUT2D eigenvalue weighted by Gasteiger charge is 2.06. The molecule has 0 saturated carbocycles. The molecule has 2 aromatic rings. The molecule has 0 nitrogen and oxygen atoms in total. The highest BCUT2D eigenvalue weighted by atomic mass is 127. The molecular formula is C9H6BrIS2. The van der Waals surface area contributed by atoms with Crippen LogP contribution in [-0.4, -0.2) is 0 Å². The minimum Gasteiger partial charge on any atom is -0.142 e. The third-order valence-corrected chi connectivity index (χ3v) is 4.86. The fourth-order valence-electron chi connectivity index (χ4n) is 1.22. The van der Waals surface area contributed by atoms with Gasteiger partial charge in [0, 0.05) is 20.3 Å². The lowest BCUT2D eigenvalue weighted by Gasteiger charge is -2.01. The van der Waals surface area contributed by atoms with Gasteiger partial charge in [-0.15, -0.1) is 24.0 Å². The summed E-state index contributed by atoms with van der Waals surface area (Å²) < 4.78 is 2.63. The third kappa shape index (κ3) is 1.91. The average Bonchev–Trinajstić information content (AvgIpc) is 2.47. The van der Waals surface area contributed by atoms with E-state index in [1.165, 1.54) is 18.5 Å². The van der Waals surface area contributed by atoms with Gasteiger partial charge in [0.15, 0.2) is 0 Å². The van der Waals surface area contributed by atoms with E-state index in [-0.39, 0.29) is 0 Å². The van der Waals surface area contributed by atoms with Crippen LogP contribution in [-0.2, 0) is 5.33 Å². The molecule has 1 aromatic carbocycles. The standard InChI is InChI=1S/C9H6BrIS2/c10-4-5-1-2-7-6(9(5)12)3-8(11)13-7/h1-3,12H,4H2. The molecule has 1 heterocycles. The van der Waals surface area contributed by atoms with Gasteiger partial charge < -0.3 is 0 Å². The maximum atomic E-state index is 4.53. The number of hydrogen-bond donors (Lipinski definition) is 1. The van der Waals surface area contributed by atoms with Gasteiger partial charge in [0.05, 0.1) is 2.88 Å². The Morgan fingerprint density at radius 3 is 2.92 bits per heavy atom. The molecule has 0 aliphatic heterocycles. The zero-order valence-corrected chi connectivity index (χ0v) is 12.0. The maximum Gasteiger partial charge on any atom is 0.0666 e. The second-order valence-corrected chi connectivity index (χ2v) is 6.66. The van der Waals surface area contributed by atoms with Crippen molar-refractivity contribution in [2.75, 3.05) is 0 Å². The lowest BCUT2D eigenvalue weighted by atomic mass is 10.2. The Balaban J connectivity index is 2.78. The summed E-state index contributed by atoms with van der Waals surface area (Å²) >= 11 is 12.1. The summed E-state index contributed by atoms with van der Waals surface area (Å²) in [6.07, 6.45) is 0. The van der Waals surface area contributed by atoms with Crippen LogP contribution < -0.4 is 0 Å². The van der Waals surface area contributed by atoms with E-state index in [9.17, 15) is 0 Å². The van der Waals surface area contributed by atoms with Crippen molar-refractivity contribution < 1.29 is 0 Å². The van der Waals surface area contributed by atoms with Crippen LogP contribution in [0.2, 0.25) is 0 Å². The molecule has 0 amide bonds. The number of benzene rings is 1. The van der Waals surface area contributed by atoms with E-state index in [4.69, 9.17) is 0 Å². The Labute approximate surface area is 108 Å². The van der Waals surface area contributed by atoms with E-state index in [0.717, 1.165) is 10.2 Å². The molecule has 68 valence electrons. The van der Waals surface area contributed by atoms with Crippen molar-refractivity contribution >= 4 is 72.6 Å². The molecule has 0 saturated heterocycles. The Morgan fingerprint density at radius 1 is 1.46 bits per heavy atom. The van der Waals surface area contributed by atoms with Crippen LogP contribution in [0.1, 0.15) is 5.56 Å². The highest BCUT2D eigenvalue weighted by molar-refractivity contribution is 14.1. The monoisotopic (exact) mass is 384 g/mol. The Bertz CT molecular complexity index is 450. The van der Waals surface area contributed by atoms with Gasteiger partial charge in [0.25, 0.3) is 0 Å². The predicted octanol–water partition coefficient (Wildman–Crippen LogP) is 4.69. The normalized spacial score (nSPS) is 11.0. The summed E-state index contributed by atoms with van der Waals surface area (Å²) in [5, 5.41) is 2.14. The fraction of sp³-hybridized carbons (Fsp3) is 0.111. The van der Waals surface area contributed by atoms with Gasteiger partial charge in [0.2, 0.25) is 0 Å². The van der Waals surface area contributed by atoms with Crippen molar-refractivity contribution in [2.45, 2.75) is 10.2 Å². The van der Waals surface area contributed by atoms with Gasteiger partial charge in [-0.1, -0.05) is 22.0 Å². The van der Waals surface area contributed by atoms with Crippen molar-refractivity contribution in [1.82, 2.24) is 0 Å². The fourth-order valence-corrected chi connectivity index (χ4v) is 4.13. The van der Waals surface area contributed by atoms with E-state index in [1.807, 2.05) is 11.3 Å². The maximum absolute atomic E-state index is 4.53. The van der Waals surface area contributed by atoms with Crippen LogP contribution in [0.25, 0.3) is 10.1 Å². The van der Waals surface area contributed by atoms with E-state index in [0.29, 0.717) is 0 Å². The quantitative estimate of drug-likeness (QED) is 0.411. The second-order valence-electron chi connectivity index (χ2n) is 2.67. The van der Waals surface area contributed by atoms with Crippen molar-refractivity contribution in [3.8, 4) is 0 Å². The Hall–Kier alpha value is 0.740. The molecule has 0 spiro atoms. The molecule has 0 fully saturated rings. The largest absolute Gasteiger partial charge is 0.142 e. The molecule has 1 aromatic heterocycles. The number of alkyl halides is 1. The van der Waals surface area contributed by atoms with Gasteiger partial charge in [-0.2, -0.15) is 0 Å². The first-order valence-electron chi connectivity index (χ1n) is 3.68.